The molecule has 1 aliphatic rings. The lowest BCUT2D eigenvalue weighted by Crippen LogP contribution is -2.29. The summed E-state index contributed by atoms with van der Waals surface area (Å²) >= 11 is 0. The monoisotopic (exact) mass is 419 g/mol. The van der Waals surface area contributed by atoms with Crippen molar-refractivity contribution in [3.05, 3.63) is 46.3 Å². The van der Waals surface area contributed by atoms with Gasteiger partial charge in [-0.2, -0.15) is 10.5 Å². The van der Waals surface area contributed by atoms with E-state index in [1.807, 2.05) is 38.9 Å². The van der Waals surface area contributed by atoms with Crippen LogP contribution in [0.2, 0.25) is 0 Å². The number of allylic oxidation sites excluding steroid dienone is 4. The van der Waals surface area contributed by atoms with Gasteiger partial charge in [-0.3, -0.25) is 5.10 Å². The van der Waals surface area contributed by atoms with Crippen molar-refractivity contribution < 1.29 is 9.53 Å². The first kappa shape index (κ1) is 21.9. The van der Waals surface area contributed by atoms with E-state index in [2.05, 4.69) is 33.0 Å². The van der Waals surface area contributed by atoms with Crippen LogP contribution in [0, 0.1) is 22.7 Å². The van der Waals surface area contributed by atoms with Crippen molar-refractivity contribution >= 4 is 17.0 Å². The van der Waals surface area contributed by atoms with Crippen LogP contribution < -0.4 is 15.4 Å². The molecule has 1 aliphatic heterocycles. The fraction of sp³-hybridized carbons (Fsp3) is 0.364. The predicted molar refractivity (Wildman–Crippen MR) is 116 cm³/mol. The Morgan fingerprint density at radius 1 is 1.23 bits per heavy atom. The van der Waals surface area contributed by atoms with Gasteiger partial charge in [0.2, 0.25) is 0 Å². The zero-order chi connectivity index (χ0) is 22.5. The van der Waals surface area contributed by atoms with Gasteiger partial charge < -0.3 is 20.3 Å². The Balaban J connectivity index is 1.88. The van der Waals surface area contributed by atoms with Gasteiger partial charge in [-0.25, -0.2) is 4.79 Å². The molecule has 0 bridgehead atoms. The number of nitrogens with zero attached hydrogens (tertiary/aromatic N) is 4. The van der Waals surface area contributed by atoms with Gasteiger partial charge in [0, 0.05) is 17.9 Å². The number of hydrogen-bond acceptors (Lipinski definition) is 7. The summed E-state index contributed by atoms with van der Waals surface area (Å²) in [5.74, 6) is -0.349. The van der Waals surface area contributed by atoms with Crippen LogP contribution in [-0.4, -0.2) is 48.4 Å². The van der Waals surface area contributed by atoms with Crippen LogP contribution in [0.15, 0.2) is 40.7 Å². The quantitative estimate of drug-likeness (QED) is 0.614. The zero-order valence-electron chi connectivity index (χ0n) is 18.0. The Morgan fingerprint density at radius 3 is 2.52 bits per heavy atom. The predicted octanol–water partition coefficient (Wildman–Crippen LogP) is 2.88. The van der Waals surface area contributed by atoms with Crippen LogP contribution in [0.1, 0.15) is 31.7 Å². The SMILES string of the molecule is CC1=C(C#N)C(c2ccc3[nH]nc(OC(=O)NCCCN(C)C)c3c2)C(C#N)=C(C)N1. The van der Waals surface area contributed by atoms with Gasteiger partial charge in [-0.15, -0.1) is 5.10 Å². The summed E-state index contributed by atoms with van der Waals surface area (Å²) in [7, 11) is 3.94. The number of nitriles is 2. The van der Waals surface area contributed by atoms with Crippen molar-refractivity contribution in [2.75, 3.05) is 27.2 Å². The number of rotatable bonds is 6. The summed E-state index contributed by atoms with van der Waals surface area (Å²) in [6.07, 6.45) is 0.218. The molecule has 0 unspecified atom stereocenters. The molecular weight excluding hydrogens is 394 g/mol. The Kier molecular flexibility index (Phi) is 6.58. The Morgan fingerprint density at radius 2 is 1.90 bits per heavy atom. The number of dihydropyridines is 1. The summed E-state index contributed by atoms with van der Waals surface area (Å²) in [4.78, 5) is 14.2. The lowest BCUT2D eigenvalue weighted by molar-refractivity contribution is 0.198. The van der Waals surface area contributed by atoms with Crippen molar-refractivity contribution in [3.63, 3.8) is 0 Å². The second-order valence-corrected chi connectivity index (χ2v) is 7.67. The average Bonchev–Trinajstić information content (AvgIpc) is 3.12. The van der Waals surface area contributed by atoms with E-state index < -0.39 is 12.0 Å². The number of carbonyl (C=O) groups is 1. The highest BCUT2D eigenvalue weighted by Crippen LogP contribution is 2.39. The minimum absolute atomic E-state index is 0.148. The molecule has 1 aromatic heterocycles. The lowest BCUT2D eigenvalue weighted by Gasteiger charge is -2.26. The van der Waals surface area contributed by atoms with Crippen LogP contribution in [0.5, 0.6) is 5.88 Å². The standard InChI is InChI=1S/C22H25N7O2/c1-13-17(11-23)20(18(12-24)14(2)26-13)15-6-7-19-16(10-15)21(28-27-19)31-22(30)25-8-5-9-29(3)4/h6-7,10,20,26H,5,8-9H2,1-4H3,(H,25,30)(H,27,28). The molecule has 0 aliphatic carbocycles. The summed E-state index contributed by atoms with van der Waals surface area (Å²) in [5.41, 5.74) is 3.82. The highest BCUT2D eigenvalue weighted by atomic mass is 16.6. The first-order valence-electron chi connectivity index (χ1n) is 9.93. The summed E-state index contributed by atoms with van der Waals surface area (Å²) in [5, 5.41) is 32.8. The number of ether oxygens (including phenoxy) is 1. The van der Waals surface area contributed by atoms with Crippen LogP contribution in [0.3, 0.4) is 0 Å². The van der Waals surface area contributed by atoms with Crippen LogP contribution in [0.25, 0.3) is 10.9 Å². The third-order valence-corrected chi connectivity index (χ3v) is 5.13. The topological polar surface area (TPSA) is 130 Å². The molecule has 1 aromatic carbocycles. The van der Waals surface area contributed by atoms with Gasteiger partial charge in [0.05, 0.1) is 40.1 Å². The summed E-state index contributed by atoms with van der Waals surface area (Å²) in [6.45, 7) is 4.97. The molecule has 0 saturated heterocycles. The third kappa shape index (κ3) is 4.68. The highest BCUT2D eigenvalue weighted by Gasteiger charge is 2.30. The fourth-order valence-corrected chi connectivity index (χ4v) is 3.60. The molecule has 0 radical (unpaired) electrons. The maximum Gasteiger partial charge on any atom is 0.414 e. The molecule has 9 nitrogen and oxygen atoms in total. The minimum Gasteiger partial charge on any atom is -0.389 e. The maximum absolute atomic E-state index is 12.2. The maximum atomic E-state index is 12.2. The Bertz CT molecular complexity index is 1110. The van der Waals surface area contributed by atoms with Crippen molar-refractivity contribution in [2.45, 2.75) is 26.2 Å². The second kappa shape index (κ2) is 9.33. The smallest absolute Gasteiger partial charge is 0.389 e. The van der Waals surface area contributed by atoms with E-state index in [4.69, 9.17) is 4.74 Å². The number of benzene rings is 1. The largest absolute Gasteiger partial charge is 0.414 e. The summed E-state index contributed by atoms with van der Waals surface area (Å²) < 4.78 is 5.39. The molecule has 31 heavy (non-hydrogen) atoms. The molecule has 9 heteroatoms. The van der Waals surface area contributed by atoms with Crippen LogP contribution >= 0.6 is 0 Å². The number of carbonyl (C=O) groups excluding carboxylic acids is 1. The fourth-order valence-electron chi connectivity index (χ4n) is 3.60. The molecule has 3 rings (SSSR count). The molecule has 0 spiro atoms. The van der Waals surface area contributed by atoms with Gasteiger partial charge >= 0.3 is 6.09 Å². The lowest BCUT2D eigenvalue weighted by atomic mass is 9.81. The molecule has 0 saturated carbocycles. The molecule has 2 heterocycles. The van der Waals surface area contributed by atoms with E-state index in [1.165, 1.54) is 0 Å². The number of fused-ring (bicyclic) bond motifs is 1. The highest BCUT2D eigenvalue weighted by molar-refractivity contribution is 5.87. The molecule has 3 N–H and O–H groups in total. The number of aromatic amines is 1. The minimum atomic E-state index is -0.582. The molecular formula is C22H25N7O2. The van der Waals surface area contributed by atoms with Gasteiger partial charge in [-0.05, 0) is 58.6 Å². The molecule has 1 amide bonds. The Labute approximate surface area is 181 Å². The van der Waals surface area contributed by atoms with Gasteiger partial charge in [0.25, 0.3) is 5.88 Å². The van der Waals surface area contributed by atoms with Crippen LogP contribution in [0.4, 0.5) is 4.79 Å². The number of H-pyrrole nitrogens is 1. The van der Waals surface area contributed by atoms with E-state index in [0.29, 0.717) is 40.0 Å². The second-order valence-electron chi connectivity index (χ2n) is 7.67. The van der Waals surface area contributed by atoms with Crippen molar-refractivity contribution in [3.8, 4) is 18.0 Å². The summed E-state index contributed by atoms with van der Waals surface area (Å²) in [6, 6.07) is 9.89. The van der Waals surface area contributed by atoms with Crippen molar-refractivity contribution in [1.82, 2.24) is 25.7 Å². The first-order valence-corrected chi connectivity index (χ1v) is 9.93. The van der Waals surface area contributed by atoms with E-state index in [9.17, 15) is 15.3 Å². The number of amides is 1. The van der Waals surface area contributed by atoms with Gasteiger partial charge in [-0.1, -0.05) is 6.07 Å². The van der Waals surface area contributed by atoms with E-state index in [0.717, 1.165) is 18.5 Å². The molecule has 0 atom stereocenters. The van der Waals surface area contributed by atoms with Crippen molar-refractivity contribution in [2.24, 2.45) is 0 Å². The van der Waals surface area contributed by atoms with E-state index >= 15 is 0 Å². The molecule has 2 aromatic rings. The van der Waals surface area contributed by atoms with Gasteiger partial charge in [0.15, 0.2) is 0 Å². The number of nitrogens with one attached hydrogen (secondary N) is 3. The van der Waals surface area contributed by atoms with Gasteiger partial charge in [0.1, 0.15) is 0 Å². The third-order valence-electron chi connectivity index (χ3n) is 5.13. The zero-order valence-corrected chi connectivity index (χ0v) is 18.0. The number of aromatic nitrogens is 2. The van der Waals surface area contributed by atoms with E-state index in [1.54, 1.807) is 12.1 Å². The van der Waals surface area contributed by atoms with Crippen molar-refractivity contribution in [1.29, 1.82) is 10.5 Å². The first-order chi connectivity index (χ1) is 14.8. The Hall–Kier alpha value is -3.82. The van der Waals surface area contributed by atoms with E-state index in [-0.39, 0.29) is 5.88 Å². The average molecular weight is 419 g/mol. The normalized spacial score (nSPS) is 14.4. The molecule has 160 valence electrons. The molecule has 0 fully saturated rings. The number of hydrogen-bond donors (Lipinski definition) is 3. The van der Waals surface area contributed by atoms with Crippen LogP contribution in [-0.2, 0) is 0 Å².